The number of hydrogen-bond acceptors (Lipinski definition) is 2. The van der Waals surface area contributed by atoms with Crippen molar-refractivity contribution in [1.29, 1.82) is 0 Å². The molecule has 0 amide bonds. The quantitative estimate of drug-likeness (QED) is 0.177. The van der Waals surface area contributed by atoms with Gasteiger partial charge in [0.15, 0.2) is 0 Å². The topological polar surface area (TPSA) is 16.4 Å². The van der Waals surface area contributed by atoms with Crippen LogP contribution in [0.1, 0.15) is 86.8 Å². The Hall–Kier alpha value is -4.30. The Morgan fingerprint density at radius 2 is 1.20 bits per heavy atom. The molecule has 2 heteroatoms. The third-order valence-corrected chi connectivity index (χ3v) is 11.9. The fraction of sp³-hybridized carbons (Fsp3) is 0.318. The molecule has 5 aromatic carbocycles. The largest absolute Gasteiger partial charge is 0.456 e. The molecule has 2 nitrogen and oxygen atoms in total. The summed E-state index contributed by atoms with van der Waals surface area (Å²) in [5.41, 5.74) is 9.89. The number of fused-ring (bicyclic) bond motifs is 5. The first kappa shape index (κ1) is 28.0. The van der Waals surface area contributed by atoms with Crippen molar-refractivity contribution in [2.45, 2.75) is 75.5 Å². The van der Waals surface area contributed by atoms with Gasteiger partial charge in [-0.2, -0.15) is 0 Å². The molecule has 0 saturated heterocycles. The first-order chi connectivity index (χ1) is 22.7. The summed E-state index contributed by atoms with van der Waals surface area (Å²) in [6.45, 7) is 0. The van der Waals surface area contributed by atoms with Gasteiger partial charge in [-0.15, -0.1) is 0 Å². The Labute approximate surface area is 273 Å². The summed E-state index contributed by atoms with van der Waals surface area (Å²) in [6, 6.07) is 45.5. The van der Waals surface area contributed by atoms with Crippen LogP contribution in [0.3, 0.4) is 0 Å². The first-order valence-corrected chi connectivity index (χ1v) is 17.7. The van der Waals surface area contributed by atoms with Gasteiger partial charge in [0.25, 0.3) is 0 Å². The van der Waals surface area contributed by atoms with E-state index < -0.39 is 0 Å². The number of benzene rings is 5. The van der Waals surface area contributed by atoms with Gasteiger partial charge < -0.3 is 9.32 Å². The average molecular weight is 602 g/mol. The summed E-state index contributed by atoms with van der Waals surface area (Å²) >= 11 is 0. The van der Waals surface area contributed by atoms with E-state index in [1.165, 1.54) is 103 Å². The predicted molar refractivity (Wildman–Crippen MR) is 192 cm³/mol. The van der Waals surface area contributed by atoms with Crippen molar-refractivity contribution in [3.05, 3.63) is 138 Å². The van der Waals surface area contributed by atoms with Gasteiger partial charge in [-0.1, -0.05) is 105 Å². The molecule has 0 radical (unpaired) electrons. The van der Waals surface area contributed by atoms with E-state index in [0.29, 0.717) is 0 Å². The summed E-state index contributed by atoms with van der Waals surface area (Å²) in [6.07, 6.45) is 13.3. The number of hydrogen-bond donors (Lipinski definition) is 0. The third kappa shape index (κ3) is 4.77. The molecule has 3 aliphatic rings. The zero-order chi connectivity index (χ0) is 30.5. The van der Waals surface area contributed by atoms with E-state index in [1.807, 2.05) is 6.07 Å². The Morgan fingerprint density at radius 3 is 1.91 bits per heavy atom. The van der Waals surface area contributed by atoms with E-state index in [9.17, 15) is 0 Å². The van der Waals surface area contributed by atoms with Crippen molar-refractivity contribution in [2.75, 3.05) is 4.90 Å². The normalized spacial score (nSPS) is 22.3. The maximum atomic E-state index is 6.38. The molecule has 3 saturated carbocycles. The SMILES string of the molecule is c1ccc(C2(c3ccc(N(c4ccc(C5CC6CCC5C6)cc4)c4ccc5c(c4)oc4ccccc45)cc3)CCCCCC2)cc1. The summed E-state index contributed by atoms with van der Waals surface area (Å²) < 4.78 is 6.38. The fourth-order valence-corrected chi connectivity index (χ4v) is 9.59. The average Bonchev–Trinajstić information content (AvgIpc) is 3.79. The molecule has 0 N–H and O–H groups in total. The van der Waals surface area contributed by atoms with Crippen LogP contribution in [0, 0.1) is 11.8 Å². The zero-order valence-electron chi connectivity index (χ0n) is 26.7. The highest BCUT2D eigenvalue weighted by Crippen LogP contribution is 2.53. The van der Waals surface area contributed by atoms with Gasteiger partial charge in [0, 0.05) is 39.3 Å². The van der Waals surface area contributed by atoms with E-state index in [0.717, 1.165) is 34.6 Å². The van der Waals surface area contributed by atoms with E-state index in [2.05, 4.69) is 120 Å². The summed E-state index contributed by atoms with van der Waals surface area (Å²) in [5.74, 6) is 2.57. The highest BCUT2D eigenvalue weighted by atomic mass is 16.3. The van der Waals surface area contributed by atoms with Gasteiger partial charge >= 0.3 is 0 Å². The zero-order valence-corrected chi connectivity index (χ0v) is 26.7. The molecule has 230 valence electrons. The molecule has 0 aliphatic heterocycles. The van der Waals surface area contributed by atoms with Crippen molar-refractivity contribution >= 4 is 39.0 Å². The highest BCUT2D eigenvalue weighted by Gasteiger charge is 2.40. The number of nitrogens with zero attached hydrogens (tertiary/aromatic N) is 1. The van der Waals surface area contributed by atoms with E-state index >= 15 is 0 Å². The van der Waals surface area contributed by atoms with Crippen LogP contribution in [0.15, 0.2) is 126 Å². The molecule has 3 fully saturated rings. The van der Waals surface area contributed by atoms with Gasteiger partial charge in [0.05, 0.1) is 0 Å². The van der Waals surface area contributed by atoms with Crippen molar-refractivity contribution in [2.24, 2.45) is 11.8 Å². The second kappa shape index (κ2) is 11.5. The lowest BCUT2D eigenvalue weighted by Crippen LogP contribution is -2.27. The Bertz CT molecular complexity index is 1960. The van der Waals surface area contributed by atoms with Gasteiger partial charge in [0.1, 0.15) is 11.2 Å². The molecule has 9 rings (SSSR count). The number of rotatable bonds is 6. The Kier molecular flexibility index (Phi) is 6.99. The Balaban J connectivity index is 1.13. The predicted octanol–water partition coefficient (Wildman–Crippen LogP) is 12.6. The summed E-state index contributed by atoms with van der Waals surface area (Å²) in [7, 11) is 0. The smallest absolute Gasteiger partial charge is 0.137 e. The standard InChI is InChI=1S/C44H43NO/c1-2-9-27-44(26-8-1,34-10-4-3-5-11-34)35-18-22-37(23-19-35)45(36-20-16-32(17-21-36)41-29-31-14-15-33(41)28-31)38-24-25-40-39-12-6-7-13-42(39)46-43(40)30-38/h3-7,10-13,16-25,30-31,33,41H,1-2,8-9,14-15,26-29H2. The minimum absolute atomic E-state index is 0.0800. The van der Waals surface area contributed by atoms with Crippen molar-refractivity contribution in [3.63, 3.8) is 0 Å². The van der Waals surface area contributed by atoms with Crippen molar-refractivity contribution in [3.8, 4) is 0 Å². The molecule has 46 heavy (non-hydrogen) atoms. The van der Waals surface area contributed by atoms with Crippen LogP contribution in [0.4, 0.5) is 17.1 Å². The van der Waals surface area contributed by atoms with Crippen LogP contribution in [0.25, 0.3) is 21.9 Å². The second-order valence-electron chi connectivity index (χ2n) is 14.4. The lowest BCUT2D eigenvalue weighted by Gasteiger charge is -2.35. The van der Waals surface area contributed by atoms with Gasteiger partial charge in [0.2, 0.25) is 0 Å². The monoisotopic (exact) mass is 601 g/mol. The van der Waals surface area contributed by atoms with Crippen molar-refractivity contribution < 1.29 is 4.42 Å². The molecule has 0 spiro atoms. The van der Waals surface area contributed by atoms with Crippen LogP contribution in [0.5, 0.6) is 0 Å². The van der Waals surface area contributed by atoms with Gasteiger partial charge in [-0.3, -0.25) is 0 Å². The summed E-state index contributed by atoms with van der Waals surface area (Å²) in [4.78, 5) is 2.42. The molecule has 3 atom stereocenters. The van der Waals surface area contributed by atoms with E-state index in [4.69, 9.17) is 4.42 Å². The van der Waals surface area contributed by atoms with Crippen LogP contribution in [0.2, 0.25) is 0 Å². The lowest BCUT2D eigenvalue weighted by molar-refractivity contribution is 0.420. The number of para-hydroxylation sites is 1. The Morgan fingerprint density at radius 1 is 0.543 bits per heavy atom. The second-order valence-corrected chi connectivity index (χ2v) is 14.4. The molecule has 2 bridgehead atoms. The summed E-state index contributed by atoms with van der Waals surface area (Å²) in [5, 5.41) is 2.34. The molecule has 6 aromatic rings. The first-order valence-electron chi connectivity index (χ1n) is 17.7. The molecule has 1 aromatic heterocycles. The van der Waals surface area contributed by atoms with Crippen molar-refractivity contribution in [1.82, 2.24) is 0 Å². The molecule has 3 unspecified atom stereocenters. The number of anilines is 3. The minimum atomic E-state index is 0.0800. The van der Waals surface area contributed by atoms with Gasteiger partial charge in [-0.25, -0.2) is 0 Å². The lowest BCUT2D eigenvalue weighted by atomic mass is 9.69. The highest BCUT2D eigenvalue weighted by molar-refractivity contribution is 6.06. The van der Waals surface area contributed by atoms with Crippen LogP contribution in [-0.4, -0.2) is 0 Å². The number of furan rings is 1. The molecule has 1 heterocycles. The van der Waals surface area contributed by atoms with Crippen LogP contribution in [-0.2, 0) is 5.41 Å². The maximum absolute atomic E-state index is 6.38. The van der Waals surface area contributed by atoms with Gasteiger partial charge in [-0.05, 0) is 109 Å². The molecular formula is C44H43NO. The van der Waals surface area contributed by atoms with Crippen LogP contribution < -0.4 is 4.90 Å². The van der Waals surface area contributed by atoms with E-state index in [-0.39, 0.29) is 5.41 Å². The molecule has 3 aliphatic carbocycles. The molecular weight excluding hydrogens is 558 g/mol. The third-order valence-electron chi connectivity index (χ3n) is 11.9. The van der Waals surface area contributed by atoms with E-state index in [1.54, 1.807) is 0 Å². The van der Waals surface area contributed by atoms with Crippen LogP contribution >= 0.6 is 0 Å². The minimum Gasteiger partial charge on any atom is -0.456 e. The fourth-order valence-electron chi connectivity index (χ4n) is 9.59. The maximum Gasteiger partial charge on any atom is 0.137 e.